The molecule has 3 heterocycles. The molecule has 2 aromatic rings. The molecule has 2 N–H and O–H groups in total. The highest BCUT2D eigenvalue weighted by atomic mass is 32.1. The van der Waals surface area contributed by atoms with E-state index in [-0.39, 0.29) is 43.0 Å². The maximum atomic E-state index is 15.2. The van der Waals surface area contributed by atoms with Crippen LogP contribution in [0.1, 0.15) is 35.4 Å². The quantitative estimate of drug-likeness (QED) is 0.612. The molecule has 31 heavy (non-hydrogen) atoms. The number of nitrogens with one attached hydrogen (secondary N) is 1. The first-order valence-electron chi connectivity index (χ1n) is 9.71. The van der Waals surface area contributed by atoms with Crippen LogP contribution in [0.25, 0.3) is 0 Å². The van der Waals surface area contributed by atoms with Gasteiger partial charge in [-0.15, -0.1) is 0 Å². The van der Waals surface area contributed by atoms with E-state index in [1.807, 2.05) is 0 Å². The van der Waals surface area contributed by atoms with E-state index in [0.717, 1.165) is 6.07 Å². The number of alkyl halides is 2. The lowest BCUT2D eigenvalue weighted by atomic mass is 9.94. The Morgan fingerprint density at radius 2 is 2.16 bits per heavy atom. The summed E-state index contributed by atoms with van der Waals surface area (Å²) < 4.78 is 43.9. The van der Waals surface area contributed by atoms with E-state index in [0.29, 0.717) is 17.7 Å². The summed E-state index contributed by atoms with van der Waals surface area (Å²) in [5.74, 6) is -3.96. The van der Waals surface area contributed by atoms with E-state index in [1.54, 1.807) is 6.07 Å². The molecule has 11 heteroatoms. The summed E-state index contributed by atoms with van der Waals surface area (Å²) in [6, 6.07) is 4.77. The van der Waals surface area contributed by atoms with Gasteiger partial charge in [-0.05, 0) is 24.6 Å². The molecular formula is C20H20F3N5O2S. The number of amides is 2. The van der Waals surface area contributed by atoms with Crippen molar-refractivity contribution >= 4 is 24.3 Å². The summed E-state index contributed by atoms with van der Waals surface area (Å²) >= 11 is 4.27. The van der Waals surface area contributed by atoms with Gasteiger partial charge in [0.15, 0.2) is 0 Å². The first-order chi connectivity index (χ1) is 14.7. The van der Waals surface area contributed by atoms with Crippen LogP contribution in [0.3, 0.4) is 0 Å². The molecule has 0 unspecified atom stereocenters. The number of nitrogens with zero attached hydrogens (tertiary/aromatic N) is 4. The van der Waals surface area contributed by atoms with Gasteiger partial charge in [-0.1, -0.05) is 0 Å². The molecular weight excluding hydrogens is 431 g/mol. The minimum Gasteiger partial charge on any atom is -0.395 e. The number of thiol groups is 1. The molecule has 0 aliphatic carbocycles. The Morgan fingerprint density at radius 1 is 1.39 bits per heavy atom. The van der Waals surface area contributed by atoms with Gasteiger partial charge in [-0.25, -0.2) is 9.18 Å². The fourth-order valence-corrected chi connectivity index (χ4v) is 4.40. The second-order valence-electron chi connectivity index (χ2n) is 7.92. The minimum atomic E-state index is -3.26. The van der Waals surface area contributed by atoms with Gasteiger partial charge >= 0.3 is 6.03 Å². The molecule has 0 spiro atoms. The Bertz CT molecular complexity index is 1080. The highest BCUT2D eigenvalue weighted by molar-refractivity contribution is 7.81. The Hall–Kier alpha value is -2.71. The van der Waals surface area contributed by atoms with Crippen molar-refractivity contribution in [1.29, 1.82) is 5.26 Å². The van der Waals surface area contributed by atoms with Crippen LogP contribution in [-0.2, 0) is 25.4 Å². The SMILES string of the molecule is N#Cc1cc(NC(=O)N2CCc3nn4c(c3C2)C(F)(F)C[C@](S)(CO)CC4)ccc1F. The number of aryl methyl sites for hydroxylation is 1. The molecule has 0 bridgehead atoms. The number of aliphatic hydroxyl groups is 1. The van der Waals surface area contributed by atoms with Crippen molar-refractivity contribution in [3.05, 3.63) is 46.5 Å². The maximum absolute atomic E-state index is 15.2. The minimum absolute atomic E-state index is 0.0584. The number of rotatable bonds is 2. The van der Waals surface area contributed by atoms with Crippen LogP contribution in [0, 0.1) is 17.1 Å². The molecule has 0 saturated heterocycles. The number of benzene rings is 1. The fourth-order valence-electron chi connectivity index (χ4n) is 4.10. The largest absolute Gasteiger partial charge is 0.395 e. The van der Waals surface area contributed by atoms with Gasteiger partial charge in [-0.2, -0.15) is 31.8 Å². The molecule has 7 nitrogen and oxygen atoms in total. The molecule has 0 saturated carbocycles. The third-order valence-corrected chi connectivity index (χ3v) is 6.23. The molecule has 0 radical (unpaired) electrons. The number of halogens is 3. The van der Waals surface area contributed by atoms with Crippen molar-refractivity contribution in [3.63, 3.8) is 0 Å². The molecule has 4 rings (SSSR count). The van der Waals surface area contributed by atoms with Crippen molar-refractivity contribution in [1.82, 2.24) is 14.7 Å². The number of anilines is 1. The van der Waals surface area contributed by atoms with Crippen molar-refractivity contribution in [2.45, 2.75) is 43.0 Å². The molecule has 1 atom stereocenters. The molecule has 2 aliphatic rings. The van der Waals surface area contributed by atoms with Gasteiger partial charge < -0.3 is 15.3 Å². The summed E-state index contributed by atoms with van der Waals surface area (Å²) in [5, 5.41) is 25.4. The zero-order valence-electron chi connectivity index (χ0n) is 16.4. The van der Waals surface area contributed by atoms with Crippen LogP contribution >= 0.6 is 12.6 Å². The summed E-state index contributed by atoms with van der Waals surface area (Å²) in [6.45, 7) is -0.0618. The molecule has 2 aliphatic heterocycles. The number of fused-ring (bicyclic) bond motifs is 3. The number of hydrogen-bond acceptors (Lipinski definition) is 5. The number of urea groups is 1. The summed E-state index contributed by atoms with van der Waals surface area (Å²) in [7, 11) is 0. The number of hydrogen-bond donors (Lipinski definition) is 3. The van der Waals surface area contributed by atoms with Gasteiger partial charge in [0, 0.05) is 41.9 Å². The van der Waals surface area contributed by atoms with E-state index in [9.17, 15) is 14.3 Å². The molecule has 164 valence electrons. The summed E-state index contributed by atoms with van der Waals surface area (Å²) in [4.78, 5) is 14.1. The van der Waals surface area contributed by atoms with Crippen LogP contribution in [0.4, 0.5) is 23.7 Å². The van der Waals surface area contributed by atoms with E-state index < -0.39 is 35.5 Å². The summed E-state index contributed by atoms with van der Waals surface area (Å²) in [6.07, 6.45) is -0.0695. The standard InChI is InChI=1S/C20H20F3N5O2S/c21-15-2-1-13(7-12(15)8-24)25-18(30)27-5-3-16-14(9-27)17-20(22,23)10-19(31,11-29)4-6-28(17)26-16/h1-2,7,29,31H,3-6,9-11H2,(H,25,30)/t19-/m0/s1. The second-order valence-corrected chi connectivity index (χ2v) is 8.87. The van der Waals surface area contributed by atoms with E-state index in [4.69, 9.17) is 5.26 Å². The normalized spacial score (nSPS) is 22.1. The van der Waals surface area contributed by atoms with Gasteiger partial charge in [0.05, 0.1) is 24.4 Å². The first-order valence-corrected chi connectivity index (χ1v) is 10.2. The zero-order valence-corrected chi connectivity index (χ0v) is 17.3. The Kier molecular flexibility index (Phi) is 5.39. The smallest absolute Gasteiger partial charge is 0.322 e. The fraction of sp³-hybridized carbons (Fsp3) is 0.450. The molecule has 1 aromatic heterocycles. The van der Waals surface area contributed by atoms with Crippen molar-refractivity contribution < 1.29 is 23.1 Å². The van der Waals surface area contributed by atoms with Gasteiger partial charge in [0.2, 0.25) is 0 Å². The lowest BCUT2D eigenvalue weighted by Crippen LogP contribution is -2.40. The van der Waals surface area contributed by atoms with Gasteiger partial charge in [0.1, 0.15) is 17.6 Å². The maximum Gasteiger partial charge on any atom is 0.322 e. The Labute approximate surface area is 181 Å². The number of carbonyl (C=O) groups excluding carboxylic acids is 1. The first kappa shape index (κ1) is 21.5. The highest BCUT2D eigenvalue weighted by Crippen LogP contribution is 2.45. The lowest BCUT2D eigenvalue weighted by Gasteiger charge is -2.30. The molecule has 0 fully saturated rings. The number of aliphatic hydroxyl groups excluding tert-OH is 1. The van der Waals surface area contributed by atoms with Crippen molar-refractivity contribution in [2.75, 3.05) is 18.5 Å². The highest BCUT2D eigenvalue weighted by Gasteiger charge is 2.48. The van der Waals surface area contributed by atoms with E-state index in [2.05, 4.69) is 23.0 Å². The third-order valence-electron chi connectivity index (χ3n) is 5.71. The van der Waals surface area contributed by atoms with Crippen LogP contribution in [0.15, 0.2) is 18.2 Å². The lowest BCUT2D eigenvalue weighted by molar-refractivity contribution is -0.0323. The average Bonchev–Trinajstić information content (AvgIpc) is 3.07. The predicted molar refractivity (Wildman–Crippen MR) is 108 cm³/mol. The topological polar surface area (TPSA) is 94.2 Å². The number of carbonyl (C=O) groups is 1. The zero-order chi connectivity index (χ0) is 22.4. The number of aromatic nitrogens is 2. The second kappa shape index (κ2) is 7.76. The van der Waals surface area contributed by atoms with Crippen LogP contribution in [-0.4, -0.2) is 43.7 Å². The monoisotopic (exact) mass is 451 g/mol. The van der Waals surface area contributed by atoms with Gasteiger partial charge in [0.25, 0.3) is 5.92 Å². The van der Waals surface area contributed by atoms with Crippen LogP contribution < -0.4 is 5.32 Å². The predicted octanol–water partition coefficient (Wildman–Crippen LogP) is 3.03. The van der Waals surface area contributed by atoms with E-state index in [1.165, 1.54) is 21.7 Å². The summed E-state index contributed by atoms with van der Waals surface area (Å²) in [5.41, 5.74) is 0.620. The number of nitriles is 1. The third kappa shape index (κ3) is 3.97. The van der Waals surface area contributed by atoms with Crippen LogP contribution in [0.5, 0.6) is 0 Å². The van der Waals surface area contributed by atoms with Crippen molar-refractivity contribution in [2.24, 2.45) is 0 Å². The van der Waals surface area contributed by atoms with E-state index >= 15 is 8.78 Å². The van der Waals surface area contributed by atoms with Gasteiger partial charge in [-0.3, -0.25) is 4.68 Å². The Morgan fingerprint density at radius 3 is 2.87 bits per heavy atom. The molecule has 2 amide bonds. The van der Waals surface area contributed by atoms with Crippen molar-refractivity contribution in [3.8, 4) is 6.07 Å². The molecule has 1 aromatic carbocycles. The van der Waals surface area contributed by atoms with Crippen LogP contribution in [0.2, 0.25) is 0 Å². The average molecular weight is 451 g/mol. The Balaban J connectivity index is 1.58.